The number of carbonyl (C=O) groups is 1. The van der Waals surface area contributed by atoms with Gasteiger partial charge < -0.3 is 15.5 Å². The number of thioether (sulfide) groups is 1. The summed E-state index contributed by atoms with van der Waals surface area (Å²) in [5.41, 5.74) is 0.523. The number of nitrogens with one attached hydrogen (secondary N) is 1. The topological polar surface area (TPSA) is 69.6 Å². The number of benzene rings is 1. The first-order valence-corrected chi connectivity index (χ1v) is 5.92. The second-order valence-corrected chi connectivity index (χ2v) is 4.69. The lowest BCUT2D eigenvalue weighted by Crippen LogP contribution is -2.07. The summed E-state index contributed by atoms with van der Waals surface area (Å²) < 4.78 is 0.447. The van der Waals surface area contributed by atoms with Crippen molar-refractivity contribution in [2.24, 2.45) is 0 Å². The van der Waals surface area contributed by atoms with Gasteiger partial charge in [0.2, 0.25) is 0 Å². The summed E-state index contributed by atoms with van der Waals surface area (Å²) in [5, 5.41) is 20.7. The lowest BCUT2D eigenvalue weighted by atomic mass is 10.3. The molecule has 0 saturated carbocycles. The molecular weight excluding hydrogens is 246 g/mol. The fraction of sp³-hybridized carbons (Fsp3) is 0.200. The Balaban J connectivity index is 2.40. The monoisotopic (exact) mass is 257 g/mol. The molecule has 0 atom stereocenters. The number of carboxylic acids is 1. The first-order chi connectivity index (χ1) is 7.59. The minimum Gasteiger partial charge on any atom is -0.506 e. The van der Waals surface area contributed by atoms with Gasteiger partial charge in [-0.15, -0.1) is 0 Å². The minimum atomic E-state index is -0.849. The van der Waals surface area contributed by atoms with Gasteiger partial charge in [-0.1, -0.05) is 36.1 Å². The predicted molar refractivity (Wildman–Crippen MR) is 69.0 cm³/mol. The van der Waals surface area contributed by atoms with E-state index >= 15 is 0 Å². The summed E-state index contributed by atoms with van der Waals surface area (Å²) in [6.07, 6.45) is 0.0628. The zero-order valence-electron chi connectivity index (χ0n) is 8.34. The molecule has 1 aromatic rings. The molecule has 1 aromatic carbocycles. The van der Waals surface area contributed by atoms with E-state index in [0.29, 0.717) is 15.8 Å². The van der Waals surface area contributed by atoms with Gasteiger partial charge in [-0.05, 0) is 12.1 Å². The third-order valence-electron chi connectivity index (χ3n) is 1.69. The Bertz CT molecular complexity index is 395. The van der Waals surface area contributed by atoms with Crippen LogP contribution in [-0.2, 0) is 4.79 Å². The maximum absolute atomic E-state index is 10.3. The summed E-state index contributed by atoms with van der Waals surface area (Å²) in [7, 11) is 0. The SMILES string of the molecule is O=C(O)CCSC(=S)Nc1ccccc1O. The Morgan fingerprint density at radius 3 is 2.75 bits per heavy atom. The maximum Gasteiger partial charge on any atom is 0.304 e. The van der Waals surface area contributed by atoms with E-state index < -0.39 is 5.97 Å². The fourth-order valence-corrected chi connectivity index (χ4v) is 1.96. The standard InChI is InChI=1S/C10H11NO3S2/c12-8-4-2-1-3-7(8)11-10(15)16-6-5-9(13)14/h1-4,12H,5-6H2,(H,11,15)(H,13,14). The molecule has 0 aliphatic carbocycles. The molecule has 0 bridgehead atoms. The van der Waals surface area contributed by atoms with Crippen LogP contribution in [0.25, 0.3) is 0 Å². The molecule has 0 unspecified atom stereocenters. The second-order valence-electron chi connectivity index (χ2n) is 2.92. The Labute approximate surface area is 103 Å². The highest BCUT2D eigenvalue weighted by Crippen LogP contribution is 2.23. The molecule has 0 saturated heterocycles. The number of rotatable bonds is 4. The van der Waals surface area contributed by atoms with E-state index in [-0.39, 0.29) is 12.2 Å². The molecule has 0 aliphatic heterocycles. The molecule has 6 heteroatoms. The van der Waals surface area contributed by atoms with Crippen molar-refractivity contribution >= 4 is 40.0 Å². The summed E-state index contributed by atoms with van der Waals surface area (Å²) >= 11 is 6.23. The highest BCUT2D eigenvalue weighted by atomic mass is 32.2. The van der Waals surface area contributed by atoms with Gasteiger partial charge in [0.1, 0.15) is 10.1 Å². The molecule has 0 aromatic heterocycles. The Kier molecular flexibility index (Phi) is 5.07. The Hall–Kier alpha value is -1.27. The summed E-state index contributed by atoms with van der Waals surface area (Å²) in [4.78, 5) is 10.3. The number of aliphatic carboxylic acids is 1. The summed E-state index contributed by atoms with van der Waals surface area (Å²) in [6.45, 7) is 0. The highest BCUT2D eigenvalue weighted by molar-refractivity contribution is 8.23. The maximum atomic E-state index is 10.3. The number of phenols is 1. The molecule has 0 aliphatic rings. The van der Waals surface area contributed by atoms with Crippen LogP contribution in [0.15, 0.2) is 24.3 Å². The fourth-order valence-electron chi connectivity index (χ4n) is 0.956. The quantitative estimate of drug-likeness (QED) is 0.568. The molecule has 0 amide bonds. The van der Waals surface area contributed by atoms with Crippen LogP contribution in [0.1, 0.15) is 6.42 Å². The molecule has 0 spiro atoms. The van der Waals surface area contributed by atoms with E-state index in [0.717, 1.165) is 0 Å². The van der Waals surface area contributed by atoms with Gasteiger partial charge in [0.15, 0.2) is 0 Å². The van der Waals surface area contributed by atoms with Crippen LogP contribution in [0.5, 0.6) is 5.75 Å². The highest BCUT2D eigenvalue weighted by Gasteiger charge is 2.04. The van der Waals surface area contributed by atoms with Gasteiger partial charge in [-0.25, -0.2) is 0 Å². The normalized spacial score (nSPS) is 9.75. The van der Waals surface area contributed by atoms with Crippen LogP contribution in [0.2, 0.25) is 0 Å². The van der Waals surface area contributed by atoms with Gasteiger partial charge in [-0.2, -0.15) is 0 Å². The first-order valence-electron chi connectivity index (χ1n) is 4.53. The number of para-hydroxylation sites is 2. The van der Waals surface area contributed by atoms with E-state index in [2.05, 4.69) is 5.32 Å². The van der Waals surface area contributed by atoms with E-state index in [4.69, 9.17) is 17.3 Å². The number of hydrogen-bond acceptors (Lipinski definition) is 4. The number of aromatic hydroxyl groups is 1. The first kappa shape index (κ1) is 12.8. The van der Waals surface area contributed by atoms with E-state index in [1.165, 1.54) is 11.8 Å². The average Bonchev–Trinajstić information content (AvgIpc) is 2.21. The smallest absolute Gasteiger partial charge is 0.304 e. The Morgan fingerprint density at radius 1 is 1.44 bits per heavy atom. The van der Waals surface area contributed by atoms with Crippen molar-refractivity contribution in [3.63, 3.8) is 0 Å². The molecule has 3 N–H and O–H groups in total. The molecule has 16 heavy (non-hydrogen) atoms. The number of hydrogen-bond donors (Lipinski definition) is 3. The minimum absolute atomic E-state index is 0.0628. The van der Waals surface area contributed by atoms with E-state index in [9.17, 15) is 9.90 Å². The largest absolute Gasteiger partial charge is 0.506 e. The van der Waals surface area contributed by atoms with Crippen molar-refractivity contribution in [3.8, 4) is 5.75 Å². The third-order valence-corrected chi connectivity index (χ3v) is 2.92. The van der Waals surface area contributed by atoms with Crippen LogP contribution in [0.4, 0.5) is 5.69 Å². The molecule has 1 rings (SSSR count). The molecule has 86 valence electrons. The van der Waals surface area contributed by atoms with Crippen LogP contribution in [-0.4, -0.2) is 26.3 Å². The van der Waals surface area contributed by atoms with Crippen molar-refractivity contribution < 1.29 is 15.0 Å². The average molecular weight is 257 g/mol. The Morgan fingerprint density at radius 2 is 2.12 bits per heavy atom. The van der Waals surface area contributed by atoms with Gasteiger partial charge in [0.05, 0.1) is 12.1 Å². The van der Waals surface area contributed by atoms with Crippen LogP contribution in [0, 0.1) is 0 Å². The van der Waals surface area contributed by atoms with Gasteiger partial charge >= 0.3 is 5.97 Å². The van der Waals surface area contributed by atoms with Crippen LogP contribution >= 0.6 is 24.0 Å². The predicted octanol–water partition coefficient (Wildman–Crippen LogP) is 2.30. The number of carboxylic acid groups (broad SMARTS) is 1. The number of thiocarbonyl (C=S) groups is 1. The molecule has 0 heterocycles. The third kappa shape index (κ3) is 4.50. The second kappa shape index (κ2) is 6.34. The molecule has 4 nitrogen and oxygen atoms in total. The van der Waals surface area contributed by atoms with Crippen molar-refractivity contribution in [1.29, 1.82) is 0 Å². The van der Waals surface area contributed by atoms with E-state index in [1.807, 2.05) is 0 Å². The molecular formula is C10H11NO3S2. The van der Waals surface area contributed by atoms with Crippen LogP contribution in [0.3, 0.4) is 0 Å². The van der Waals surface area contributed by atoms with E-state index in [1.54, 1.807) is 24.3 Å². The van der Waals surface area contributed by atoms with Gasteiger partial charge in [0, 0.05) is 5.75 Å². The van der Waals surface area contributed by atoms with Gasteiger partial charge in [-0.3, -0.25) is 4.79 Å². The van der Waals surface area contributed by atoms with Crippen LogP contribution < -0.4 is 5.32 Å². The summed E-state index contributed by atoms with van der Waals surface area (Å²) in [6, 6.07) is 6.72. The van der Waals surface area contributed by atoms with Gasteiger partial charge in [0.25, 0.3) is 0 Å². The summed E-state index contributed by atoms with van der Waals surface area (Å²) in [5.74, 6) is -0.323. The number of phenolic OH excluding ortho intramolecular Hbond substituents is 1. The zero-order chi connectivity index (χ0) is 12.0. The van der Waals surface area contributed by atoms with Crippen molar-refractivity contribution in [1.82, 2.24) is 0 Å². The molecule has 0 fully saturated rings. The van der Waals surface area contributed by atoms with Crippen molar-refractivity contribution in [2.45, 2.75) is 6.42 Å². The lowest BCUT2D eigenvalue weighted by Gasteiger charge is -2.08. The molecule has 0 radical (unpaired) electrons. The van der Waals surface area contributed by atoms with Crippen molar-refractivity contribution in [2.75, 3.05) is 11.1 Å². The lowest BCUT2D eigenvalue weighted by molar-refractivity contribution is -0.136. The van der Waals surface area contributed by atoms with Crippen molar-refractivity contribution in [3.05, 3.63) is 24.3 Å². The zero-order valence-corrected chi connectivity index (χ0v) is 9.98. The number of anilines is 1.